The normalized spacial score (nSPS) is 16.7. The first-order valence-electron chi connectivity index (χ1n) is 8.80. The maximum absolute atomic E-state index is 14.1. The van der Waals surface area contributed by atoms with E-state index in [1.165, 1.54) is 0 Å². The van der Waals surface area contributed by atoms with Gasteiger partial charge in [-0.1, -0.05) is 12.1 Å². The highest BCUT2D eigenvalue weighted by atomic mass is 19.4. The summed E-state index contributed by atoms with van der Waals surface area (Å²) < 4.78 is 177. The molecule has 0 aliphatic carbocycles. The zero-order valence-electron chi connectivity index (χ0n) is 16.9. The number of halogens is 13. The highest BCUT2D eigenvalue weighted by Gasteiger charge is 2.90. The molecule has 0 saturated heterocycles. The number of hydrogen-bond donors (Lipinski definition) is 1. The van der Waals surface area contributed by atoms with Gasteiger partial charge in [0.1, 0.15) is 5.75 Å². The molecule has 1 aromatic rings. The predicted octanol–water partition coefficient (Wildman–Crippen LogP) is 6.81. The highest BCUT2D eigenvalue weighted by molar-refractivity contribution is 5.31. The number of alkyl halides is 13. The number of benzene rings is 1. The molecule has 0 amide bonds. The summed E-state index contributed by atoms with van der Waals surface area (Å²) in [7, 11) is 0. The molecule has 1 N–H and O–H groups in total. The number of rotatable bonds is 9. The van der Waals surface area contributed by atoms with Crippen molar-refractivity contribution in [3.8, 4) is 5.75 Å². The van der Waals surface area contributed by atoms with E-state index in [2.05, 4.69) is 0 Å². The predicted molar refractivity (Wildman–Crippen MR) is 87.2 cm³/mol. The van der Waals surface area contributed by atoms with Gasteiger partial charge in [0.2, 0.25) is 0 Å². The van der Waals surface area contributed by atoms with Crippen LogP contribution in [0.1, 0.15) is 32.8 Å². The molecule has 0 spiro atoms. The molecule has 2 nitrogen and oxygen atoms in total. The number of ether oxygens (including phenoxy) is 1. The van der Waals surface area contributed by atoms with Crippen LogP contribution in [0.5, 0.6) is 5.75 Å². The third kappa shape index (κ3) is 4.97. The van der Waals surface area contributed by atoms with Crippen LogP contribution in [-0.4, -0.2) is 47.0 Å². The molecule has 33 heavy (non-hydrogen) atoms. The fraction of sp³-hybridized carbons (Fsp3) is 0.667. The lowest BCUT2D eigenvalue weighted by Crippen LogP contribution is -2.70. The maximum Gasteiger partial charge on any atom is 0.460 e. The molecule has 1 unspecified atom stereocenters. The van der Waals surface area contributed by atoms with Crippen LogP contribution in [0, 0.1) is 0 Å². The van der Waals surface area contributed by atoms with Crippen LogP contribution in [0.2, 0.25) is 0 Å². The Labute approximate surface area is 178 Å². The summed E-state index contributed by atoms with van der Waals surface area (Å²) in [4.78, 5) is 0. The molecule has 1 atom stereocenters. The molecule has 0 heterocycles. The summed E-state index contributed by atoms with van der Waals surface area (Å²) in [6, 6.07) is 3.76. The minimum absolute atomic E-state index is 0.0993. The fourth-order valence-corrected chi connectivity index (χ4v) is 2.61. The molecule has 0 radical (unpaired) electrons. The second-order valence-corrected chi connectivity index (χ2v) is 7.64. The van der Waals surface area contributed by atoms with E-state index in [0.717, 1.165) is 24.3 Å². The Bertz CT molecular complexity index is 812. The van der Waals surface area contributed by atoms with Crippen molar-refractivity contribution in [2.24, 2.45) is 0 Å². The summed E-state index contributed by atoms with van der Waals surface area (Å²) in [5.41, 5.74) is -3.79. The lowest BCUT2D eigenvalue weighted by molar-refractivity contribution is -0.441. The number of aliphatic hydroxyl groups is 1. The monoisotopic (exact) mass is 512 g/mol. The Morgan fingerprint density at radius 2 is 1.09 bits per heavy atom. The van der Waals surface area contributed by atoms with Crippen molar-refractivity contribution in [2.75, 3.05) is 0 Å². The highest BCUT2D eigenvalue weighted by Crippen LogP contribution is 2.61. The van der Waals surface area contributed by atoms with E-state index in [9.17, 15) is 62.2 Å². The average Bonchev–Trinajstić information content (AvgIpc) is 2.59. The first-order valence-corrected chi connectivity index (χ1v) is 8.80. The van der Waals surface area contributed by atoms with Gasteiger partial charge in [-0.2, -0.15) is 57.1 Å². The molecule has 1 aromatic carbocycles. The van der Waals surface area contributed by atoms with Crippen molar-refractivity contribution in [3.05, 3.63) is 29.8 Å². The van der Waals surface area contributed by atoms with Gasteiger partial charge in [-0.25, -0.2) is 0 Å². The van der Waals surface area contributed by atoms with E-state index < -0.39 is 53.4 Å². The zero-order chi connectivity index (χ0) is 26.5. The van der Waals surface area contributed by atoms with Crippen molar-refractivity contribution in [3.63, 3.8) is 0 Å². The second kappa shape index (κ2) is 8.38. The summed E-state index contributed by atoms with van der Waals surface area (Å²) in [5.74, 6) is -37.4. The standard InChI is InChI=1S/C18H17F13O2/c1-9(2)33-11-6-4-10(5-7-11)12(3,32)8-13(19,20)14(21,22)15(23,24)16(25,26)17(27,28)18(29,30)31/h4-7,9,32H,8H2,1-3H3. The van der Waals surface area contributed by atoms with Gasteiger partial charge in [0, 0.05) is 0 Å². The Kier molecular flexibility index (Phi) is 7.39. The van der Waals surface area contributed by atoms with Crippen LogP contribution in [0.4, 0.5) is 57.1 Å². The van der Waals surface area contributed by atoms with Gasteiger partial charge in [0.05, 0.1) is 18.1 Å². The molecule has 0 aliphatic heterocycles. The largest absolute Gasteiger partial charge is 0.491 e. The van der Waals surface area contributed by atoms with Gasteiger partial charge in [-0.15, -0.1) is 0 Å². The van der Waals surface area contributed by atoms with Gasteiger partial charge in [0.15, 0.2) is 0 Å². The first kappa shape index (κ1) is 29.1. The summed E-state index contributed by atoms with van der Waals surface area (Å²) in [6.07, 6.45) is -10.6. The minimum atomic E-state index is -7.98. The van der Waals surface area contributed by atoms with Gasteiger partial charge >= 0.3 is 35.8 Å². The average molecular weight is 512 g/mol. The van der Waals surface area contributed by atoms with E-state index in [1.54, 1.807) is 13.8 Å². The molecular formula is C18H17F13O2. The van der Waals surface area contributed by atoms with Crippen molar-refractivity contribution in [1.82, 2.24) is 0 Å². The van der Waals surface area contributed by atoms with Crippen LogP contribution < -0.4 is 4.74 Å². The Morgan fingerprint density at radius 1 is 0.697 bits per heavy atom. The van der Waals surface area contributed by atoms with E-state index >= 15 is 0 Å². The van der Waals surface area contributed by atoms with E-state index in [4.69, 9.17) is 4.74 Å². The van der Waals surface area contributed by atoms with Crippen LogP contribution in [0.25, 0.3) is 0 Å². The van der Waals surface area contributed by atoms with Gasteiger partial charge in [0.25, 0.3) is 0 Å². The molecule has 0 aliphatic rings. The molecule has 0 bridgehead atoms. The van der Waals surface area contributed by atoms with Crippen LogP contribution in [-0.2, 0) is 5.60 Å². The second-order valence-electron chi connectivity index (χ2n) is 7.64. The third-order valence-electron chi connectivity index (χ3n) is 4.41. The Hall–Kier alpha value is -1.93. The lowest BCUT2D eigenvalue weighted by Gasteiger charge is -2.41. The Morgan fingerprint density at radius 3 is 1.45 bits per heavy atom. The maximum atomic E-state index is 14.1. The Balaban J connectivity index is 3.36. The summed E-state index contributed by atoms with van der Waals surface area (Å²) in [6.45, 7) is 3.56. The van der Waals surface area contributed by atoms with Gasteiger partial charge < -0.3 is 9.84 Å². The summed E-state index contributed by atoms with van der Waals surface area (Å²) >= 11 is 0. The van der Waals surface area contributed by atoms with E-state index in [0.29, 0.717) is 6.92 Å². The molecule has 1 rings (SSSR count). The molecule has 0 fully saturated rings. The minimum Gasteiger partial charge on any atom is -0.491 e. The SMILES string of the molecule is CC(C)Oc1ccc(C(C)(O)CC(F)(F)C(F)(F)C(F)(F)C(F)(F)C(F)(F)C(F)(F)F)cc1. The molecular weight excluding hydrogens is 495 g/mol. The lowest BCUT2D eigenvalue weighted by atomic mass is 9.84. The van der Waals surface area contributed by atoms with Crippen LogP contribution in [0.15, 0.2) is 24.3 Å². The van der Waals surface area contributed by atoms with Crippen molar-refractivity contribution in [2.45, 2.75) is 74.7 Å². The zero-order valence-corrected chi connectivity index (χ0v) is 16.9. The topological polar surface area (TPSA) is 29.5 Å². The third-order valence-corrected chi connectivity index (χ3v) is 4.41. The number of hydrogen-bond acceptors (Lipinski definition) is 2. The van der Waals surface area contributed by atoms with Gasteiger partial charge in [-0.05, 0) is 38.5 Å². The van der Waals surface area contributed by atoms with Gasteiger partial charge in [-0.3, -0.25) is 0 Å². The van der Waals surface area contributed by atoms with E-state index in [-0.39, 0.29) is 11.9 Å². The molecule has 192 valence electrons. The van der Waals surface area contributed by atoms with Crippen molar-refractivity contribution < 1.29 is 66.9 Å². The quantitative estimate of drug-likeness (QED) is 0.369. The molecule has 0 saturated carbocycles. The van der Waals surface area contributed by atoms with Crippen LogP contribution >= 0.6 is 0 Å². The van der Waals surface area contributed by atoms with Crippen LogP contribution in [0.3, 0.4) is 0 Å². The molecule has 15 heteroatoms. The van der Waals surface area contributed by atoms with E-state index in [1.807, 2.05) is 0 Å². The smallest absolute Gasteiger partial charge is 0.460 e. The first-order chi connectivity index (χ1) is 14.3. The van der Waals surface area contributed by atoms with Crippen molar-refractivity contribution in [1.29, 1.82) is 0 Å². The summed E-state index contributed by atoms with van der Waals surface area (Å²) in [5, 5.41) is 10.1. The molecule has 0 aromatic heterocycles. The fourth-order valence-electron chi connectivity index (χ4n) is 2.61. The van der Waals surface area contributed by atoms with Crippen molar-refractivity contribution >= 4 is 0 Å².